The molecule has 0 aliphatic carbocycles. The van der Waals surface area contributed by atoms with Gasteiger partial charge in [0.1, 0.15) is 5.84 Å². The van der Waals surface area contributed by atoms with Gasteiger partial charge in [0.25, 0.3) is 5.91 Å². The lowest BCUT2D eigenvalue weighted by Gasteiger charge is -2.03. The summed E-state index contributed by atoms with van der Waals surface area (Å²) in [5.74, 6) is -0.212. The number of nitrogens with zero attached hydrogens (tertiary/aromatic N) is 2. The van der Waals surface area contributed by atoms with Crippen LogP contribution in [-0.4, -0.2) is 29.7 Å². The molecule has 0 bridgehead atoms. The third-order valence-corrected chi connectivity index (χ3v) is 1.66. The summed E-state index contributed by atoms with van der Waals surface area (Å²) in [5, 5.41) is 7.59. The van der Waals surface area contributed by atoms with E-state index in [-0.39, 0.29) is 17.7 Å². The fraction of sp³-hybridized carbons (Fsp3) is 0.571. The molecule has 1 N–H and O–H groups in total. The van der Waals surface area contributed by atoms with Gasteiger partial charge in [0, 0.05) is 14.0 Å². The third-order valence-electron chi connectivity index (χ3n) is 1.66. The summed E-state index contributed by atoms with van der Waals surface area (Å²) in [7, 11) is 1.56. The van der Waals surface area contributed by atoms with Gasteiger partial charge in [-0.2, -0.15) is 5.10 Å². The number of hydrazone groups is 1. The minimum Gasteiger partial charge on any atom is -0.312 e. The standard InChI is InChI=1S/C7H11N3O2/c1-4-6(8-5(2)11)9-10(3)7(4)12/h4H,1-3H3,(H,8,9,11). The Bertz CT molecular complexity index is 259. The predicted molar refractivity (Wildman–Crippen MR) is 43.2 cm³/mol. The third kappa shape index (κ3) is 1.44. The second-order valence-corrected chi connectivity index (χ2v) is 2.75. The molecule has 2 amide bonds. The van der Waals surface area contributed by atoms with Gasteiger partial charge in [-0.3, -0.25) is 9.59 Å². The maximum atomic E-state index is 11.2. The Morgan fingerprint density at radius 3 is 2.58 bits per heavy atom. The second-order valence-electron chi connectivity index (χ2n) is 2.75. The topological polar surface area (TPSA) is 61.8 Å². The molecule has 1 heterocycles. The molecule has 66 valence electrons. The average molecular weight is 169 g/mol. The molecule has 1 rings (SSSR count). The quantitative estimate of drug-likeness (QED) is 0.533. The highest BCUT2D eigenvalue weighted by atomic mass is 16.2. The van der Waals surface area contributed by atoms with Gasteiger partial charge in [-0.05, 0) is 6.92 Å². The summed E-state index contributed by atoms with van der Waals surface area (Å²) >= 11 is 0. The first-order valence-electron chi connectivity index (χ1n) is 3.66. The molecular formula is C7H11N3O2. The lowest BCUT2D eigenvalue weighted by molar-refractivity contribution is -0.130. The molecule has 5 heteroatoms. The van der Waals surface area contributed by atoms with E-state index < -0.39 is 0 Å². The SMILES string of the molecule is CC(=O)NC1=NN(C)C(=O)C1C. The van der Waals surface area contributed by atoms with E-state index in [1.54, 1.807) is 14.0 Å². The van der Waals surface area contributed by atoms with E-state index in [0.29, 0.717) is 5.84 Å². The Labute approximate surface area is 70.4 Å². The fourth-order valence-electron chi connectivity index (χ4n) is 1.01. The van der Waals surface area contributed by atoms with Crippen LogP contribution >= 0.6 is 0 Å². The maximum absolute atomic E-state index is 11.2. The second kappa shape index (κ2) is 2.92. The van der Waals surface area contributed by atoms with Crippen LogP contribution in [0.5, 0.6) is 0 Å². The first kappa shape index (κ1) is 8.70. The molecule has 5 nitrogen and oxygen atoms in total. The van der Waals surface area contributed by atoms with E-state index in [0.717, 1.165) is 0 Å². The molecule has 0 spiro atoms. The van der Waals surface area contributed by atoms with Crippen LogP contribution in [0, 0.1) is 5.92 Å². The van der Waals surface area contributed by atoms with Gasteiger partial charge in [0.05, 0.1) is 5.92 Å². The van der Waals surface area contributed by atoms with Crippen molar-refractivity contribution in [1.29, 1.82) is 0 Å². The molecule has 1 aliphatic rings. The summed E-state index contributed by atoms with van der Waals surface area (Å²) in [6.45, 7) is 3.10. The lowest BCUT2D eigenvalue weighted by Crippen LogP contribution is -2.33. The van der Waals surface area contributed by atoms with Crippen molar-refractivity contribution in [1.82, 2.24) is 10.3 Å². The van der Waals surface area contributed by atoms with Crippen molar-refractivity contribution >= 4 is 17.6 Å². The predicted octanol–water partition coefficient (Wildman–Crippen LogP) is -0.456. The van der Waals surface area contributed by atoms with E-state index in [4.69, 9.17) is 0 Å². The molecule has 0 saturated carbocycles. The van der Waals surface area contributed by atoms with Gasteiger partial charge in [0.15, 0.2) is 0 Å². The van der Waals surface area contributed by atoms with Crippen LogP contribution in [0.3, 0.4) is 0 Å². The minimum atomic E-state index is -0.334. The number of carbonyl (C=O) groups excluding carboxylic acids is 2. The Balaban J connectivity index is 2.73. The number of amidine groups is 1. The summed E-state index contributed by atoms with van der Waals surface area (Å²) in [5.41, 5.74) is 0. The van der Waals surface area contributed by atoms with Gasteiger partial charge in [0.2, 0.25) is 5.91 Å². The van der Waals surface area contributed by atoms with Crippen LogP contribution in [-0.2, 0) is 9.59 Å². The van der Waals surface area contributed by atoms with Gasteiger partial charge < -0.3 is 5.32 Å². The van der Waals surface area contributed by atoms with Crippen molar-refractivity contribution in [3.63, 3.8) is 0 Å². The normalized spacial score (nSPS) is 22.6. The largest absolute Gasteiger partial charge is 0.312 e. The van der Waals surface area contributed by atoms with Gasteiger partial charge in [-0.15, -0.1) is 0 Å². The average Bonchev–Trinajstić information content (AvgIpc) is 2.17. The Morgan fingerprint density at radius 1 is 1.67 bits per heavy atom. The highest BCUT2D eigenvalue weighted by molar-refractivity contribution is 6.11. The first-order chi connectivity index (χ1) is 5.52. The maximum Gasteiger partial charge on any atom is 0.252 e. The molecule has 12 heavy (non-hydrogen) atoms. The van der Waals surface area contributed by atoms with Crippen LogP contribution in [0.15, 0.2) is 5.10 Å². The van der Waals surface area contributed by atoms with E-state index in [9.17, 15) is 9.59 Å². The van der Waals surface area contributed by atoms with Crippen LogP contribution < -0.4 is 5.32 Å². The van der Waals surface area contributed by atoms with Crippen LogP contribution in [0.4, 0.5) is 0 Å². The van der Waals surface area contributed by atoms with Crippen molar-refractivity contribution in [3.05, 3.63) is 0 Å². The molecule has 0 radical (unpaired) electrons. The number of hydrogen-bond acceptors (Lipinski definition) is 3. The zero-order chi connectivity index (χ0) is 9.30. The van der Waals surface area contributed by atoms with Crippen molar-refractivity contribution in [2.24, 2.45) is 11.0 Å². The number of rotatable bonds is 0. The molecule has 1 aliphatic heterocycles. The van der Waals surface area contributed by atoms with Crippen molar-refractivity contribution < 1.29 is 9.59 Å². The summed E-state index contributed by atoms with van der Waals surface area (Å²) < 4.78 is 0. The fourth-order valence-corrected chi connectivity index (χ4v) is 1.01. The minimum absolute atomic E-state index is 0.0984. The Kier molecular flexibility index (Phi) is 2.12. The van der Waals surface area contributed by atoms with Crippen molar-refractivity contribution in [2.45, 2.75) is 13.8 Å². The van der Waals surface area contributed by atoms with E-state index in [1.165, 1.54) is 11.9 Å². The number of nitrogens with one attached hydrogen (secondary N) is 1. The highest BCUT2D eigenvalue weighted by Gasteiger charge is 2.30. The van der Waals surface area contributed by atoms with Gasteiger partial charge in [-0.25, -0.2) is 5.01 Å². The summed E-state index contributed by atoms with van der Waals surface area (Å²) in [6, 6.07) is 0. The van der Waals surface area contributed by atoms with E-state index in [1.807, 2.05) is 0 Å². The highest BCUT2D eigenvalue weighted by Crippen LogP contribution is 2.10. The van der Waals surface area contributed by atoms with Crippen molar-refractivity contribution in [3.8, 4) is 0 Å². The number of carbonyl (C=O) groups is 2. The molecule has 1 unspecified atom stereocenters. The lowest BCUT2D eigenvalue weighted by atomic mass is 10.1. The van der Waals surface area contributed by atoms with Gasteiger partial charge in [-0.1, -0.05) is 0 Å². The molecule has 0 fully saturated rings. The summed E-state index contributed by atoms with van der Waals surface area (Å²) in [6.07, 6.45) is 0. The van der Waals surface area contributed by atoms with Crippen LogP contribution in [0.1, 0.15) is 13.8 Å². The first-order valence-corrected chi connectivity index (χ1v) is 3.66. The molecule has 0 aromatic carbocycles. The zero-order valence-corrected chi connectivity index (χ0v) is 7.29. The molecule has 1 atom stereocenters. The zero-order valence-electron chi connectivity index (χ0n) is 7.29. The van der Waals surface area contributed by atoms with E-state index >= 15 is 0 Å². The smallest absolute Gasteiger partial charge is 0.252 e. The molecular weight excluding hydrogens is 158 g/mol. The van der Waals surface area contributed by atoms with Gasteiger partial charge >= 0.3 is 0 Å². The van der Waals surface area contributed by atoms with Crippen LogP contribution in [0.25, 0.3) is 0 Å². The number of amides is 2. The van der Waals surface area contributed by atoms with Crippen molar-refractivity contribution in [2.75, 3.05) is 7.05 Å². The monoisotopic (exact) mass is 169 g/mol. The molecule has 0 saturated heterocycles. The molecule has 0 aromatic heterocycles. The molecule has 0 aromatic rings. The Morgan fingerprint density at radius 2 is 2.25 bits per heavy atom. The van der Waals surface area contributed by atoms with E-state index in [2.05, 4.69) is 10.4 Å². The van der Waals surface area contributed by atoms with Crippen LogP contribution in [0.2, 0.25) is 0 Å². The number of hydrogen-bond donors (Lipinski definition) is 1. The summed E-state index contributed by atoms with van der Waals surface area (Å²) in [4.78, 5) is 21.8. The Hall–Kier alpha value is -1.39.